The first-order valence-electron chi connectivity index (χ1n) is 10.5. The molecule has 2 bridgehead atoms. The topological polar surface area (TPSA) is 76.1 Å². The van der Waals surface area contributed by atoms with Gasteiger partial charge < -0.3 is 9.47 Å². The smallest absolute Gasteiger partial charge is 0.261 e. The Morgan fingerprint density at radius 1 is 1.19 bits per heavy atom. The van der Waals surface area contributed by atoms with Gasteiger partial charge in [-0.25, -0.2) is 4.39 Å². The molecule has 1 saturated heterocycles. The van der Waals surface area contributed by atoms with Gasteiger partial charge in [-0.1, -0.05) is 30.3 Å². The van der Waals surface area contributed by atoms with Crippen LogP contribution in [-0.2, 0) is 26.8 Å². The SMILES string of the molecule is CS(=O)(=O)O.C[C@@]1(N2C[C@@H]3CC2OCOc2cccc(F)c23)CCCc2ccccc21. The Morgan fingerprint density at radius 2 is 1.94 bits per heavy atom. The first kappa shape index (κ1) is 22.2. The maximum atomic E-state index is 14.6. The van der Waals surface area contributed by atoms with Crippen molar-refractivity contribution in [3.05, 3.63) is 65.0 Å². The summed E-state index contributed by atoms with van der Waals surface area (Å²) in [5.41, 5.74) is 3.47. The van der Waals surface area contributed by atoms with Crippen LogP contribution >= 0.6 is 0 Å². The molecule has 0 saturated carbocycles. The largest absolute Gasteiger partial charge is 0.467 e. The van der Waals surface area contributed by atoms with Crippen LogP contribution in [0.4, 0.5) is 4.39 Å². The van der Waals surface area contributed by atoms with Crippen LogP contribution in [0, 0.1) is 5.82 Å². The van der Waals surface area contributed by atoms with E-state index < -0.39 is 10.1 Å². The molecule has 168 valence electrons. The van der Waals surface area contributed by atoms with Gasteiger partial charge in [0.15, 0.2) is 6.79 Å². The highest BCUT2D eigenvalue weighted by molar-refractivity contribution is 7.85. The van der Waals surface area contributed by atoms with Gasteiger partial charge in [-0.2, -0.15) is 8.42 Å². The molecule has 2 aromatic rings. The van der Waals surface area contributed by atoms with Crippen molar-refractivity contribution in [2.45, 2.75) is 50.3 Å². The fourth-order valence-corrected chi connectivity index (χ4v) is 5.22. The van der Waals surface area contributed by atoms with Gasteiger partial charge in [-0.3, -0.25) is 9.45 Å². The molecular weight excluding hydrogens is 421 g/mol. The summed E-state index contributed by atoms with van der Waals surface area (Å²) in [6.45, 7) is 3.29. The summed E-state index contributed by atoms with van der Waals surface area (Å²) < 4.78 is 52.3. The molecule has 1 N–H and O–H groups in total. The van der Waals surface area contributed by atoms with Crippen LogP contribution in [0.25, 0.3) is 0 Å². The van der Waals surface area contributed by atoms with E-state index in [0.29, 0.717) is 12.0 Å². The zero-order valence-electron chi connectivity index (χ0n) is 17.8. The second-order valence-electron chi connectivity index (χ2n) is 8.64. The predicted octanol–water partition coefficient (Wildman–Crippen LogP) is 4.06. The van der Waals surface area contributed by atoms with Crippen LogP contribution in [-0.4, -0.2) is 43.7 Å². The van der Waals surface area contributed by atoms with Crippen LogP contribution in [0.5, 0.6) is 5.75 Å². The highest BCUT2D eigenvalue weighted by Crippen LogP contribution is 2.48. The fraction of sp³-hybridized carbons (Fsp3) is 0.478. The Bertz CT molecular complexity index is 1050. The molecule has 0 aromatic heterocycles. The molecule has 8 heteroatoms. The second-order valence-corrected chi connectivity index (χ2v) is 10.1. The third-order valence-corrected chi connectivity index (χ3v) is 6.49. The first-order valence-corrected chi connectivity index (χ1v) is 12.3. The lowest BCUT2D eigenvalue weighted by Crippen LogP contribution is -2.49. The van der Waals surface area contributed by atoms with Gasteiger partial charge in [-0.15, -0.1) is 0 Å². The lowest BCUT2D eigenvalue weighted by atomic mass is 9.76. The molecule has 3 atom stereocenters. The second kappa shape index (κ2) is 8.50. The van der Waals surface area contributed by atoms with Crippen molar-refractivity contribution < 1.29 is 26.8 Å². The van der Waals surface area contributed by atoms with Gasteiger partial charge in [0.1, 0.15) is 17.8 Å². The number of benzene rings is 2. The Labute approximate surface area is 182 Å². The summed E-state index contributed by atoms with van der Waals surface area (Å²) in [6, 6.07) is 13.8. The molecular formula is C23H28FNO5S. The molecule has 3 aliphatic rings. The van der Waals surface area contributed by atoms with E-state index in [4.69, 9.17) is 14.0 Å². The van der Waals surface area contributed by atoms with E-state index in [9.17, 15) is 12.8 Å². The lowest BCUT2D eigenvalue weighted by Gasteiger charge is -2.45. The normalized spacial score (nSPS) is 27.6. The van der Waals surface area contributed by atoms with Crippen molar-refractivity contribution in [2.75, 3.05) is 19.6 Å². The number of hydrogen-bond acceptors (Lipinski definition) is 5. The Balaban J connectivity index is 0.000000418. The van der Waals surface area contributed by atoms with E-state index >= 15 is 0 Å². The predicted molar refractivity (Wildman–Crippen MR) is 115 cm³/mol. The molecule has 0 radical (unpaired) electrons. The summed E-state index contributed by atoms with van der Waals surface area (Å²) in [5.74, 6) is 0.566. The summed E-state index contributed by atoms with van der Waals surface area (Å²) in [4.78, 5) is 2.46. The number of halogens is 1. The minimum atomic E-state index is -3.67. The molecule has 1 fully saturated rings. The summed E-state index contributed by atoms with van der Waals surface area (Å²) >= 11 is 0. The molecule has 5 rings (SSSR count). The van der Waals surface area contributed by atoms with E-state index in [2.05, 4.69) is 36.1 Å². The molecule has 31 heavy (non-hydrogen) atoms. The number of rotatable bonds is 1. The van der Waals surface area contributed by atoms with Crippen molar-refractivity contribution >= 4 is 10.1 Å². The van der Waals surface area contributed by atoms with Crippen LogP contribution in [0.15, 0.2) is 42.5 Å². The number of nitrogens with zero attached hydrogens (tertiary/aromatic N) is 1. The third-order valence-electron chi connectivity index (χ3n) is 6.49. The van der Waals surface area contributed by atoms with Gasteiger partial charge in [0, 0.05) is 23.6 Å². The molecule has 2 heterocycles. The molecule has 0 amide bonds. The highest BCUT2D eigenvalue weighted by atomic mass is 32.2. The third kappa shape index (κ3) is 4.62. The zero-order valence-corrected chi connectivity index (χ0v) is 18.6. The Hall–Kier alpha value is -2.00. The van der Waals surface area contributed by atoms with E-state index in [1.54, 1.807) is 12.1 Å². The van der Waals surface area contributed by atoms with Crippen LogP contribution in [0.3, 0.4) is 0 Å². The van der Waals surface area contributed by atoms with Crippen molar-refractivity contribution in [1.82, 2.24) is 4.90 Å². The van der Waals surface area contributed by atoms with E-state index in [0.717, 1.165) is 31.4 Å². The molecule has 0 spiro atoms. The molecule has 1 unspecified atom stereocenters. The first-order chi connectivity index (χ1) is 14.7. The highest BCUT2D eigenvalue weighted by Gasteiger charge is 2.48. The maximum Gasteiger partial charge on any atom is 0.261 e. The number of aryl methyl sites for hydroxylation is 1. The van der Waals surface area contributed by atoms with E-state index in [1.807, 2.05) is 6.07 Å². The zero-order chi connectivity index (χ0) is 22.2. The molecule has 6 nitrogen and oxygen atoms in total. The van der Waals surface area contributed by atoms with E-state index in [1.165, 1.54) is 17.5 Å². The molecule has 2 aliphatic heterocycles. The summed E-state index contributed by atoms with van der Waals surface area (Å²) in [7, 11) is -3.67. The van der Waals surface area contributed by atoms with Crippen molar-refractivity contribution in [3.63, 3.8) is 0 Å². The Morgan fingerprint density at radius 3 is 2.71 bits per heavy atom. The average Bonchev–Trinajstić information content (AvgIpc) is 3.12. The number of ether oxygens (including phenoxy) is 2. The standard InChI is InChI=1S/C22H24FNO2.CH4O3S/c1-22(11-5-7-15-6-2-3-8-17(15)22)24-13-16-12-20(24)26-14-25-19-10-4-9-18(23)21(16)19;1-5(2,3)4/h2-4,6,8-10,16,20H,5,7,11-14H2,1H3;1H3,(H,2,3,4)/t16-,20?,22+;/m0./s1. The monoisotopic (exact) mass is 449 g/mol. The van der Waals surface area contributed by atoms with Gasteiger partial charge in [-0.05, 0) is 55.9 Å². The molecule has 1 aliphatic carbocycles. The number of hydrogen-bond donors (Lipinski definition) is 1. The summed E-state index contributed by atoms with van der Waals surface area (Å²) in [6.07, 6.45) is 4.89. The maximum absolute atomic E-state index is 14.6. The van der Waals surface area contributed by atoms with Gasteiger partial charge in [0.05, 0.1) is 6.26 Å². The van der Waals surface area contributed by atoms with Gasteiger partial charge >= 0.3 is 0 Å². The molecule has 2 aromatic carbocycles. The van der Waals surface area contributed by atoms with Crippen LogP contribution in [0.2, 0.25) is 0 Å². The van der Waals surface area contributed by atoms with Gasteiger partial charge in [0.25, 0.3) is 10.1 Å². The van der Waals surface area contributed by atoms with Crippen molar-refractivity contribution in [1.29, 1.82) is 0 Å². The summed E-state index contributed by atoms with van der Waals surface area (Å²) in [5, 5.41) is 0. The van der Waals surface area contributed by atoms with Crippen molar-refractivity contribution in [3.8, 4) is 5.75 Å². The fourth-order valence-electron chi connectivity index (χ4n) is 5.22. The van der Waals surface area contributed by atoms with E-state index in [-0.39, 0.29) is 30.3 Å². The quantitative estimate of drug-likeness (QED) is 0.662. The number of likely N-dealkylation sites (tertiary alicyclic amines) is 1. The average molecular weight is 450 g/mol. The lowest BCUT2D eigenvalue weighted by molar-refractivity contribution is -0.128. The van der Waals surface area contributed by atoms with Crippen molar-refractivity contribution in [2.24, 2.45) is 0 Å². The van der Waals surface area contributed by atoms with Crippen LogP contribution < -0.4 is 4.74 Å². The minimum Gasteiger partial charge on any atom is -0.467 e. The minimum absolute atomic E-state index is 0.0380. The Kier molecular flexibility index (Phi) is 6.09. The van der Waals surface area contributed by atoms with Gasteiger partial charge in [0.2, 0.25) is 0 Å². The van der Waals surface area contributed by atoms with Crippen LogP contribution in [0.1, 0.15) is 48.8 Å². The number of fused-ring (bicyclic) bond motifs is 5.